The van der Waals surface area contributed by atoms with Crippen LogP contribution in [0, 0.1) is 12.8 Å². The number of sulfonamides is 1. The van der Waals surface area contributed by atoms with Crippen molar-refractivity contribution in [2.45, 2.75) is 44.7 Å². The normalized spacial score (nSPS) is 15.7. The number of nitrogens with zero attached hydrogens (tertiary/aromatic N) is 5. The summed E-state index contributed by atoms with van der Waals surface area (Å²) >= 11 is 0. The Labute approximate surface area is 188 Å². The second kappa shape index (κ2) is 9.25. The van der Waals surface area contributed by atoms with Crippen molar-refractivity contribution in [2.75, 3.05) is 18.4 Å². The Morgan fingerprint density at radius 1 is 1.12 bits per heavy atom. The monoisotopic (exact) mass is 456 g/mol. The second-order valence-electron chi connectivity index (χ2n) is 7.98. The number of hydrogen-bond acceptors (Lipinski definition) is 5. The van der Waals surface area contributed by atoms with E-state index in [1.54, 1.807) is 47.4 Å². The SMILES string of the molecule is CCn1ncc(Cn2cc(NC(=O)C3CCN(S(=O)(=O)c4ccccc4)CC3)cn2)c1C. The van der Waals surface area contributed by atoms with Gasteiger partial charge in [0.2, 0.25) is 15.9 Å². The highest BCUT2D eigenvalue weighted by Gasteiger charge is 2.32. The van der Waals surface area contributed by atoms with Gasteiger partial charge >= 0.3 is 0 Å². The highest BCUT2D eigenvalue weighted by Crippen LogP contribution is 2.25. The van der Waals surface area contributed by atoms with Gasteiger partial charge in [0.25, 0.3) is 0 Å². The third kappa shape index (κ3) is 4.61. The largest absolute Gasteiger partial charge is 0.323 e. The lowest BCUT2D eigenvalue weighted by atomic mass is 9.97. The van der Waals surface area contributed by atoms with Gasteiger partial charge in [0.05, 0.1) is 29.5 Å². The van der Waals surface area contributed by atoms with Gasteiger partial charge in [-0.05, 0) is 38.8 Å². The van der Waals surface area contributed by atoms with Crippen LogP contribution < -0.4 is 5.32 Å². The minimum atomic E-state index is -3.52. The van der Waals surface area contributed by atoms with Crippen LogP contribution in [0.25, 0.3) is 0 Å². The lowest BCUT2D eigenvalue weighted by molar-refractivity contribution is -0.120. The predicted molar refractivity (Wildman–Crippen MR) is 121 cm³/mol. The van der Waals surface area contributed by atoms with E-state index >= 15 is 0 Å². The molecule has 1 aliphatic rings. The zero-order valence-corrected chi connectivity index (χ0v) is 19.1. The van der Waals surface area contributed by atoms with Crippen LogP contribution in [0.4, 0.5) is 5.69 Å². The second-order valence-corrected chi connectivity index (χ2v) is 9.92. The Morgan fingerprint density at radius 3 is 2.50 bits per heavy atom. The molecule has 3 heterocycles. The maximum Gasteiger partial charge on any atom is 0.243 e. The van der Waals surface area contributed by atoms with Crippen molar-refractivity contribution in [3.63, 3.8) is 0 Å². The molecule has 3 aromatic rings. The number of amides is 1. The minimum absolute atomic E-state index is 0.101. The molecule has 9 nitrogen and oxygen atoms in total. The Kier molecular flexibility index (Phi) is 6.43. The highest BCUT2D eigenvalue weighted by atomic mass is 32.2. The molecule has 0 spiro atoms. The van der Waals surface area contributed by atoms with Gasteiger partial charge in [0.15, 0.2) is 0 Å². The molecule has 1 fully saturated rings. The molecule has 170 valence electrons. The number of hydrogen-bond donors (Lipinski definition) is 1. The number of piperidine rings is 1. The summed E-state index contributed by atoms with van der Waals surface area (Å²) in [5.41, 5.74) is 2.82. The summed E-state index contributed by atoms with van der Waals surface area (Å²) in [6, 6.07) is 8.41. The Morgan fingerprint density at radius 2 is 1.84 bits per heavy atom. The van der Waals surface area contributed by atoms with Crippen molar-refractivity contribution in [3.8, 4) is 0 Å². The lowest BCUT2D eigenvalue weighted by Crippen LogP contribution is -2.41. The van der Waals surface area contributed by atoms with Crippen LogP contribution in [0.15, 0.2) is 53.8 Å². The van der Waals surface area contributed by atoms with Crippen molar-refractivity contribution < 1.29 is 13.2 Å². The van der Waals surface area contributed by atoms with Crippen molar-refractivity contribution in [2.24, 2.45) is 5.92 Å². The molecule has 4 rings (SSSR count). The summed E-state index contributed by atoms with van der Waals surface area (Å²) in [5, 5.41) is 11.6. The molecule has 0 unspecified atom stereocenters. The molecule has 2 aromatic heterocycles. The summed E-state index contributed by atoms with van der Waals surface area (Å²) in [5.74, 6) is -0.332. The first-order valence-corrected chi connectivity index (χ1v) is 12.2. The standard InChI is InChI=1S/C22H28N6O3S/c1-3-28-17(2)19(13-24-28)15-26-16-20(14-23-26)25-22(29)18-9-11-27(12-10-18)32(30,31)21-7-5-4-6-8-21/h4-8,13-14,16,18H,3,9-12,15H2,1-2H3,(H,25,29). The molecule has 0 atom stereocenters. The summed E-state index contributed by atoms with van der Waals surface area (Å²) < 4.78 is 30.7. The van der Waals surface area contributed by atoms with Crippen molar-refractivity contribution in [3.05, 3.63) is 60.2 Å². The number of benzene rings is 1. The van der Waals surface area contributed by atoms with E-state index in [-0.39, 0.29) is 16.7 Å². The van der Waals surface area contributed by atoms with Gasteiger partial charge in [0.1, 0.15) is 0 Å². The summed E-state index contributed by atoms with van der Waals surface area (Å²) in [4.78, 5) is 13.0. The van der Waals surface area contributed by atoms with Crippen LogP contribution >= 0.6 is 0 Å². The number of carbonyl (C=O) groups excluding carboxylic acids is 1. The zero-order valence-electron chi connectivity index (χ0n) is 18.3. The fraction of sp³-hybridized carbons (Fsp3) is 0.409. The van der Waals surface area contributed by atoms with Gasteiger partial charge < -0.3 is 5.32 Å². The van der Waals surface area contributed by atoms with Crippen molar-refractivity contribution >= 4 is 21.6 Å². The van der Waals surface area contributed by atoms with Crippen LogP contribution in [-0.4, -0.2) is 51.3 Å². The van der Waals surface area contributed by atoms with Gasteiger partial charge in [0, 0.05) is 43.0 Å². The molecule has 10 heteroatoms. The molecule has 0 bridgehead atoms. The van der Waals surface area contributed by atoms with E-state index in [4.69, 9.17) is 0 Å². The van der Waals surface area contributed by atoms with Gasteiger partial charge in [-0.2, -0.15) is 14.5 Å². The highest BCUT2D eigenvalue weighted by molar-refractivity contribution is 7.89. The molecule has 1 aliphatic heterocycles. The molecule has 0 radical (unpaired) electrons. The molecule has 1 saturated heterocycles. The Hall–Kier alpha value is -2.98. The number of anilines is 1. The van der Waals surface area contributed by atoms with E-state index in [9.17, 15) is 13.2 Å². The summed E-state index contributed by atoms with van der Waals surface area (Å²) in [7, 11) is -3.52. The first kappa shape index (κ1) is 22.2. The number of nitrogens with one attached hydrogen (secondary N) is 1. The number of aromatic nitrogens is 4. The van der Waals surface area contributed by atoms with Crippen LogP contribution in [0.2, 0.25) is 0 Å². The lowest BCUT2D eigenvalue weighted by Gasteiger charge is -2.30. The van der Waals surface area contributed by atoms with Gasteiger partial charge in [-0.3, -0.25) is 14.2 Å². The third-order valence-electron chi connectivity index (χ3n) is 5.94. The first-order valence-electron chi connectivity index (χ1n) is 10.8. The summed E-state index contributed by atoms with van der Waals surface area (Å²) in [6.07, 6.45) is 6.25. The van der Waals surface area contributed by atoms with Crippen molar-refractivity contribution in [1.29, 1.82) is 0 Å². The van der Waals surface area contributed by atoms with E-state index in [0.717, 1.165) is 17.8 Å². The van der Waals surface area contributed by atoms with Gasteiger partial charge in [-0.1, -0.05) is 18.2 Å². The minimum Gasteiger partial charge on any atom is -0.323 e. The van der Waals surface area contributed by atoms with Gasteiger partial charge in [-0.15, -0.1) is 0 Å². The molecule has 0 aliphatic carbocycles. The zero-order chi connectivity index (χ0) is 22.7. The van der Waals surface area contributed by atoms with E-state index in [1.165, 1.54) is 4.31 Å². The average molecular weight is 457 g/mol. The van der Waals surface area contributed by atoms with E-state index < -0.39 is 10.0 Å². The predicted octanol–water partition coefficient (Wildman–Crippen LogP) is 2.50. The Balaban J connectivity index is 1.32. The molecule has 32 heavy (non-hydrogen) atoms. The quantitative estimate of drug-likeness (QED) is 0.589. The maximum absolute atomic E-state index is 12.8. The third-order valence-corrected chi connectivity index (χ3v) is 7.86. The summed E-state index contributed by atoms with van der Waals surface area (Å²) in [6.45, 7) is 6.13. The topological polar surface area (TPSA) is 102 Å². The van der Waals surface area contributed by atoms with E-state index in [2.05, 4.69) is 15.5 Å². The van der Waals surface area contributed by atoms with Crippen LogP contribution in [0.5, 0.6) is 0 Å². The maximum atomic E-state index is 12.8. The molecular formula is C22H28N6O3S. The fourth-order valence-electron chi connectivity index (χ4n) is 3.99. The smallest absolute Gasteiger partial charge is 0.243 e. The molecule has 0 saturated carbocycles. The molecule has 1 N–H and O–H groups in total. The number of rotatable bonds is 7. The average Bonchev–Trinajstić information content (AvgIpc) is 3.40. The first-order chi connectivity index (χ1) is 15.4. The molecule has 1 amide bonds. The number of aryl methyl sites for hydroxylation is 1. The Bertz CT molecular complexity index is 1180. The fourth-order valence-corrected chi connectivity index (χ4v) is 5.48. The van der Waals surface area contributed by atoms with Crippen LogP contribution in [0.3, 0.4) is 0 Å². The van der Waals surface area contributed by atoms with Crippen molar-refractivity contribution in [1.82, 2.24) is 23.9 Å². The molecule has 1 aromatic carbocycles. The van der Waals surface area contributed by atoms with E-state index in [1.807, 2.05) is 24.7 Å². The van der Waals surface area contributed by atoms with Crippen LogP contribution in [-0.2, 0) is 27.9 Å². The van der Waals surface area contributed by atoms with E-state index in [0.29, 0.717) is 38.2 Å². The van der Waals surface area contributed by atoms with Crippen LogP contribution in [0.1, 0.15) is 31.0 Å². The van der Waals surface area contributed by atoms with Gasteiger partial charge in [-0.25, -0.2) is 8.42 Å². The molecular weight excluding hydrogens is 428 g/mol. The number of carbonyl (C=O) groups is 1.